The largest absolute Gasteiger partial charge is 0.338 e. The third-order valence-corrected chi connectivity index (χ3v) is 6.27. The van der Waals surface area contributed by atoms with Crippen LogP contribution in [0.5, 0.6) is 0 Å². The number of amides is 3. The summed E-state index contributed by atoms with van der Waals surface area (Å²) in [6.45, 7) is 5.23. The van der Waals surface area contributed by atoms with E-state index < -0.39 is 6.03 Å². The van der Waals surface area contributed by atoms with Gasteiger partial charge in [-0.05, 0) is 29.3 Å². The van der Waals surface area contributed by atoms with E-state index in [0.717, 1.165) is 18.8 Å². The minimum atomic E-state index is -0.469. The standard InChI is InChI=1S/C22H27N5O2S2/c1-16(2)14-23-21(29)24-20(28)15-31-22-26-25-19(13-18-9-6-12-30-18)27(22)11-10-17-7-4-3-5-8-17/h3-9,12,16H,10-11,13-15H2,1-2H3,(H2,23,24,28,29). The fourth-order valence-electron chi connectivity index (χ4n) is 2.87. The molecule has 3 rings (SSSR count). The smallest absolute Gasteiger partial charge is 0.321 e. The zero-order valence-electron chi connectivity index (χ0n) is 17.7. The lowest BCUT2D eigenvalue weighted by Gasteiger charge is -2.11. The van der Waals surface area contributed by atoms with Gasteiger partial charge in [0.2, 0.25) is 5.91 Å². The molecule has 0 aliphatic heterocycles. The Balaban J connectivity index is 1.63. The molecule has 2 heterocycles. The van der Waals surface area contributed by atoms with Gasteiger partial charge in [0.1, 0.15) is 5.82 Å². The van der Waals surface area contributed by atoms with Crippen molar-refractivity contribution in [3.8, 4) is 0 Å². The van der Waals surface area contributed by atoms with Crippen molar-refractivity contribution in [3.63, 3.8) is 0 Å². The Morgan fingerprint density at radius 3 is 2.65 bits per heavy atom. The molecule has 0 aliphatic carbocycles. The predicted octanol–water partition coefficient (Wildman–Crippen LogP) is 3.75. The molecule has 0 unspecified atom stereocenters. The second kappa shape index (κ2) is 11.7. The molecular weight excluding hydrogens is 430 g/mol. The number of carbonyl (C=O) groups excluding carboxylic acids is 2. The number of hydrogen-bond donors (Lipinski definition) is 2. The van der Waals surface area contributed by atoms with Crippen molar-refractivity contribution in [2.45, 2.75) is 38.4 Å². The fourth-order valence-corrected chi connectivity index (χ4v) is 4.35. The number of carbonyl (C=O) groups is 2. The van der Waals surface area contributed by atoms with Crippen LogP contribution in [0.2, 0.25) is 0 Å². The topological polar surface area (TPSA) is 88.9 Å². The maximum atomic E-state index is 12.2. The van der Waals surface area contributed by atoms with E-state index in [1.165, 1.54) is 22.2 Å². The van der Waals surface area contributed by atoms with Gasteiger partial charge >= 0.3 is 6.03 Å². The molecule has 1 aromatic carbocycles. The van der Waals surface area contributed by atoms with Gasteiger partial charge in [0.15, 0.2) is 5.16 Å². The molecule has 2 N–H and O–H groups in total. The predicted molar refractivity (Wildman–Crippen MR) is 124 cm³/mol. The monoisotopic (exact) mass is 457 g/mol. The number of rotatable bonds is 10. The Morgan fingerprint density at radius 2 is 1.94 bits per heavy atom. The van der Waals surface area contributed by atoms with Crippen molar-refractivity contribution in [1.82, 2.24) is 25.4 Å². The van der Waals surface area contributed by atoms with Crippen molar-refractivity contribution in [3.05, 3.63) is 64.1 Å². The minimum absolute atomic E-state index is 0.0948. The molecule has 0 bridgehead atoms. The van der Waals surface area contributed by atoms with Crippen molar-refractivity contribution < 1.29 is 9.59 Å². The molecule has 164 valence electrons. The lowest BCUT2D eigenvalue weighted by Crippen LogP contribution is -2.41. The van der Waals surface area contributed by atoms with Crippen LogP contribution in [0.3, 0.4) is 0 Å². The lowest BCUT2D eigenvalue weighted by molar-refractivity contribution is -0.117. The first-order valence-corrected chi connectivity index (χ1v) is 12.1. The Bertz CT molecular complexity index is 971. The maximum Gasteiger partial charge on any atom is 0.321 e. The number of nitrogens with one attached hydrogen (secondary N) is 2. The highest BCUT2D eigenvalue weighted by atomic mass is 32.2. The summed E-state index contributed by atoms with van der Waals surface area (Å²) in [5, 5.41) is 16.5. The van der Waals surface area contributed by atoms with E-state index in [2.05, 4.69) is 43.6 Å². The Kier molecular flexibility index (Phi) is 8.66. The number of hydrogen-bond acceptors (Lipinski definition) is 6. The molecule has 31 heavy (non-hydrogen) atoms. The molecular formula is C22H27N5O2S2. The van der Waals surface area contributed by atoms with E-state index in [1.54, 1.807) is 11.3 Å². The minimum Gasteiger partial charge on any atom is -0.338 e. The van der Waals surface area contributed by atoms with E-state index in [-0.39, 0.29) is 11.7 Å². The zero-order valence-corrected chi connectivity index (χ0v) is 19.3. The summed E-state index contributed by atoms with van der Waals surface area (Å²) in [7, 11) is 0. The van der Waals surface area contributed by atoms with Gasteiger partial charge in [0.05, 0.1) is 5.75 Å². The summed E-state index contributed by atoms with van der Waals surface area (Å²) in [5.41, 5.74) is 1.23. The van der Waals surface area contributed by atoms with Crippen LogP contribution in [0.15, 0.2) is 53.0 Å². The lowest BCUT2D eigenvalue weighted by atomic mass is 10.1. The SMILES string of the molecule is CC(C)CNC(=O)NC(=O)CSc1nnc(Cc2cccs2)n1CCc1ccccc1. The summed E-state index contributed by atoms with van der Waals surface area (Å²) >= 11 is 2.98. The highest BCUT2D eigenvalue weighted by Gasteiger charge is 2.16. The summed E-state index contributed by atoms with van der Waals surface area (Å²) in [5.74, 6) is 0.928. The number of benzene rings is 1. The van der Waals surface area contributed by atoms with Crippen molar-refractivity contribution >= 4 is 35.0 Å². The molecule has 0 saturated carbocycles. The fraction of sp³-hybridized carbons (Fsp3) is 0.364. The Morgan fingerprint density at radius 1 is 1.13 bits per heavy atom. The van der Waals surface area contributed by atoms with Crippen LogP contribution in [0.1, 0.15) is 30.1 Å². The molecule has 0 saturated heterocycles. The molecule has 0 aliphatic rings. The second-order valence-corrected chi connectivity index (χ2v) is 9.46. The number of urea groups is 1. The first-order valence-electron chi connectivity index (χ1n) is 10.2. The first-order chi connectivity index (χ1) is 15.0. The Hall–Kier alpha value is -2.65. The van der Waals surface area contributed by atoms with Crippen LogP contribution in [0.4, 0.5) is 4.79 Å². The molecule has 7 nitrogen and oxygen atoms in total. The van der Waals surface area contributed by atoms with Crippen molar-refractivity contribution in [2.75, 3.05) is 12.3 Å². The van der Waals surface area contributed by atoms with Crippen molar-refractivity contribution in [1.29, 1.82) is 0 Å². The summed E-state index contributed by atoms with van der Waals surface area (Å²) in [6.07, 6.45) is 1.54. The van der Waals surface area contributed by atoms with E-state index in [0.29, 0.717) is 24.0 Å². The van der Waals surface area contributed by atoms with Gasteiger partial charge in [-0.1, -0.05) is 62.0 Å². The highest BCUT2D eigenvalue weighted by Crippen LogP contribution is 2.21. The highest BCUT2D eigenvalue weighted by molar-refractivity contribution is 7.99. The van der Waals surface area contributed by atoms with Gasteiger partial charge < -0.3 is 9.88 Å². The molecule has 0 fully saturated rings. The quantitative estimate of drug-likeness (QED) is 0.453. The number of thioether (sulfide) groups is 1. The molecule has 0 spiro atoms. The number of aryl methyl sites for hydroxylation is 1. The van der Waals surface area contributed by atoms with E-state index in [9.17, 15) is 9.59 Å². The van der Waals surface area contributed by atoms with Gasteiger partial charge in [-0.3, -0.25) is 10.1 Å². The second-order valence-electron chi connectivity index (χ2n) is 7.48. The molecule has 0 atom stereocenters. The van der Waals surface area contributed by atoms with Gasteiger partial charge in [-0.2, -0.15) is 0 Å². The first kappa shape index (κ1) is 23.0. The number of nitrogens with zero attached hydrogens (tertiary/aromatic N) is 3. The molecule has 0 radical (unpaired) electrons. The van der Waals surface area contributed by atoms with Crippen LogP contribution in [-0.2, 0) is 24.2 Å². The van der Waals surface area contributed by atoms with E-state index in [1.807, 2.05) is 43.5 Å². The molecule has 9 heteroatoms. The van der Waals surface area contributed by atoms with Gasteiger partial charge in [-0.25, -0.2) is 4.79 Å². The summed E-state index contributed by atoms with van der Waals surface area (Å²) < 4.78 is 2.07. The molecule has 2 aromatic heterocycles. The average molecular weight is 458 g/mol. The van der Waals surface area contributed by atoms with Crippen LogP contribution in [0.25, 0.3) is 0 Å². The van der Waals surface area contributed by atoms with Crippen LogP contribution >= 0.6 is 23.1 Å². The molecule has 3 amide bonds. The van der Waals surface area contributed by atoms with Gasteiger partial charge in [0, 0.05) is 24.4 Å². The number of aromatic nitrogens is 3. The van der Waals surface area contributed by atoms with Crippen LogP contribution < -0.4 is 10.6 Å². The third-order valence-electron chi connectivity index (χ3n) is 4.43. The van der Waals surface area contributed by atoms with Gasteiger partial charge in [-0.15, -0.1) is 21.5 Å². The van der Waals surface area contributed by atoms with Crippen molar-refractivity contribution in [2.24, 2.45) is 5.92 Å². The number of imide groups is 1. The summed E-state index contributed by atoms with van der Waals surface area (Å²) in [4.78, 5) is 25.2. The zero-order chi connectivity index (χ0) is 22.1. The normalized spacial score (nSPS) is 10.9. The third kappa shape index (κ3) is 7.52. The molecule has 3 aromatic rings. The van der Waals surface area contributed by atoms with Gasteiger partial charge in [0.25, 0.3) is 0 Å². The summed E-state index contributed by atoms with van der Waals surface area (Å²) in [6, 6.07) is 13.9. The van der Waals surface area contributed by atoms with Crippen LogP contribution in [-0.4, -0.2) is 39.0 Å². The maximum absolute atomic E-state index is 12.2. The Labute approximate surface area is 190 Å². The van der Waals surface area contributed by atoms with E-state index >= 15 is 0 Å². The van der Waals surface area contributed by atoms with Crippen LogP contribution in [0, 0.1) is 5.92 Å². The number of thiophene rings is 1. The van der Waals surface area contributed by atoms with E-state index in [4.69, 9.17) is 0 Å². The average Bonchev–Trinajstić information content (AvgIpc) is 3.40.